The van der Waals surface area contributed by atoms with Gasteiger partial charge in [-0.05, 0) is 49.2 Å². The first-order valence-corrected chi connectivity index (χ1v) is 18.9. The lowest BCUT2D eigenvalue weighted by atomic mass is 10.2. The van der Waals surface area contributed by atoms with Crippen LogP contribution >= 0.6 is 45.9 Å². The van der Waals surface area contributed by atoms with Crippen LogP contribution in [0, 0.1) is 0 Å². The van der Waals surface area contributed by atoms with Crippen molar-refractivity contribution in [1.82, 2.24) is 20.1 Å². The largest absolute Gasteiger partial charge is 0.342 e. The van der Waals surface area contributed by atoms with Gasteiger partial charge in [0.2, 0.25) is 5.01 Å². The highest BCUT2D eigenvalue weighted by Crippen LogP contribution is 2.24. The Balaban J connectivity index is 1.02. The molecule has 4 amide bonds. The minimum atomic E-state index is -0.605. The number of aryl methyl sites for hydroxylation is 1. The van der Waals surface area contributed by atoms with Crippen molar-refractivity contribution in [3.05, 3.63) is 42.7 Å². The van der Waals surface area contributed by atoms with E-state index in [0.29, 0.717) is 59.0 Å². The van der Waals surface area contributed by atoms with Crippen molar-refractivity contribution in [2.24, 2.45) is 0 Å². The lowest BCUT2D eigenvalue weighted by Gasteiger charge is -2.20. The number of hydrogen-bond acceptors (Lipinski definition) is 13. The number of unbranched alkanes of at least 4 members (excludes halogenated alkanes) is 4. The van der Waals surface area contributed by atoms with E-state index in [1.165, 1.54) is 22.7 Å². The maximum atomic E-state index is 12.1. The standard InChI is InChI=1S/C33H33Cl2N6O8S2/c34-20-15-22-32(38(18-20)13-5-1-3-7-30(46)48-40-26(42)9-10-27(40)43)36-24(50-22)17-25-37-33-23(51-25)16-21(35)19-39(33)14-6-2-4-8-31(47)49-41-28(44)11-12-29(41)45/h15-19H,1-14H2/q+1. The number of rotatable bonds is 15. The van der Waals surface area contributed by atoms with Crippen molar-refractivity contribution in [2.45, 2.75) is 83.6 Å². The van der Waals surface area contributed by atoms with Crippen LogP contribution in [0.3, 0.4) is 0 Å². The number of hydrogen-bond donors (Lipinski definition) is 0. The zero-order valence-electron chi connectivity index (χ0n) is 27.3. The Kier molecular flexibility index (Phi) is 11.7. The summed E-state index contributed by atoms with van der Waals surface area (Å²) in [6, 6.07) is 1.87. The van der Waals surface area contributed by atoms with Gasteiger partial charge in [-0.2, -0.15) is 0 Å². The first-order valence-electron chi connectivity index (χ1n) is 16.5. The second-order valence-corrected chi connectivity index (χ2v) is 15.0. The topological polar surface area (TPSA) is 160 Å². The number of pyridine rings is 1. The van der Waals surface area contributed by atoms with Crippen LogP contribution in [0.25, 0.3) is 22.5 Å². The van der Waals surface area contributed by atoms with E-state index >= 15 is 0 Å². The number of imide groups is 2. The number of carbonyl (C=O) groups is 6. The molecule has 0 spiro atoms. The molecule has 0 saturated carbocycles. The number of aromatic nitrogens is 3. The molecule has 2 fully saturated rings. The maximum absolute atomic E-state index is 12.1. The Bertz CT molecular complexity index is 2030. The van der Waals surface area contributed by atoms with Crippen LogP contribution < -0.4 is 18.7 Å². The fourth-order valence-corrected chi connectivity index (χ4v) is 8.26. The van der Waals surface area contributed by atoms with E-state index in [0.717, 1.165) is 43.2 Å². The van der Waals surface area contributed by atoms with Crippen molar-refractivity contribution < 1.29 is 43.0 Å². The summed E-state index contributed by atoms with van der Waals surface area (Å²) in [5.41, 5.74) is 0.780. The van der Waals surface area contributed by atoms with Crippen LogP contribution in [0.15, 0.2) is 23.5 Å². The Morgan fingerprint density at radius 2 is 1.43 bits per heavy atom. The zero-order chi connectivity index (χ0) is 36.1. The summed E-state index contributed by atoms with van der Waals surface area (Å²) in [5, 5.41) is 3.05. The van der Waals surface area contributed by atoms with Crippen molar-refractivity contribution in [2.75, 3.05) is 11.4 Å². The summed E-state index contributed by atoms with van der Waals surface area (Å²) in [6.45, 7) is 1.24. The van der Waals surface area contributed by atoms with Crippen molar-refractivity contribution in [3.63, 3.8) is 0 Å². The van der Waals surface area contributed by atoms with E-state index < -0.39 is 35.6 Å². The molecule has 2 saturated heterocycles. The van der Waals surface area contributed by atoms with Crippen molar-refractivity contribution in [1.29, 1.82) is 0 Å². The van der Waals surface area contributed by atoms with Gasteiger partial charge < -0.3 is 14.6 Å². The molecule has 268 valence electrons. The molecule has 0 bridgehead atoms. The number of anilines is 1. The average Bonchev–Trinajstić information content (AvgIpc) is 3.84. The van der Waals surface area contributed by atoms with Gasteiger partial charge in [0.05, 0.1) is 21.1 Å². The summed E-state index contributed by atoms with van der Waals surface area (Å²) in [4.78, 5) is 92.4. The van der Waals surface area contributed by atoms with Gasteiger partial charge in [0, 0.05) is 57.3 Å². The number of thiazole rings is 2. The minimum Gasteiger partial charge on any atom is -0.330 e. The number of allylic oxidation sites excluding steroid dienone is 1. The van der Waals surface area contributed by atoms with Crippen molar-refractivity contribution in [3.8, 4) is 0 Å². The normalized spacial score (nSPS) is 16.3. The molecule has 0 radical (unpaired) electrons. The van der Waals surface area contributed by atoms with Gasteiger partial charge in [-0.1, -0.05) is 41.0 Å². The first-order chi connectivity index (χ1) is 24.5. The highest BCUT2D eigenvalue weighted by Gasteiger charge is 2.33. The van der Waals surface area contributed by atoms with E-state index in [2.05, 4.69) is 0 Å². The van der Waals surface area contributed by atoms with E-state index in [9.17, 15) is 28.8 Å². The summed E-state index contributed by atoms with van der Waals surface area (Å²) in [6.07, 6.45) is 11.9. The minimum absolute atomic E-state index is 0.0608. The molecule has 6 heterocycles. The number of amides is 4. The molecule has 14 nitrogen and oxygen atoms in total. The summed E-state index contributed by atoms with van der Waals surface area (Å²) in [7, 11) is 0. The van der Waals surface area contributed by atoms with Gasteiger partial charge in [0.1, 0.15) is 15.6 Å². The highest BCUT2D eigenvalue weighted by atomic mass is 35.5. The molecular formula is C33H33Cl2N6O8S2+. The summed E-state index contributed by atoms with van der Waals surface area (Å²) < 4.78 is 4.58. The first kappa shape index (κ1) is 36.5. The third-order valence-corrected chi connectivity index (χ3v) is 10.4. The predicted molar refractivity (Wildman–Crippen MR) is 187 cm³/mol. The Morgan fingerprint density at radius 1 is 0.824 bits per heavy atom. The highest BCUT2D eigenvalue weighted by molar-refractivity contribution is 7.19. The van der Waals surface area contributed by atoms with Crippen LogP contribution in [-0.2, 0) is 45.0 Å². The second kappa shape index (κ2) is 16.4. The number of carbonyl (C=O) groups excluding carboxylic acids is 6. The van der Waals surface area contributed by atoms with E-state index in [1.807, 2.05) is 40.1 Å². The lowest BCUT2D eigenvalue weighted by Crippen LogP contribution is -2.34. The number of nitrogens with zero attached hydrogens (tertiary/aromatic N) is 6. The molecule has 3 aromatic rings. The van der Waals surface area contributed by atoms with Gasteiger partial charge >= 0.3 is 17.6 Å². The molecule has 0 unspecified atom stereocenters. The Labute approximate surface area is 309 Å². The predicted octanol–water partition coefficient (Wildman–Crippen LogP) is 3.54. The Morgan fingerprint density at radius 3 is 2.06 bits per heavy atom. The molecule has 51 heavy (non-hydrogen) atoms. The Hall–Kier alpha value is -4.25. The number of hydroxylamine groups is 4. The van der Waals surface area contributed by atoms with E-state index in [-0.39, 0.29) is 38.5 Å². The summed E-state index contributed by atoms with van der Waals surface area (Å²) in [5.74, 6) is -2.40. The van der Waals surface area contributed by atoms with Crippen LogP contribution in [0.2, 0.25) is 5.02 Å². The van der Waals surface area contributed by atoms with Crippen LogP contribution in [0.5, 0.6) is 0 Å². The monoisotopic (exact) mass is 775 g/mol. The van der Waals surface area contributed by atoms with Gasteiger partial charge in [-0.15, -0.1) is 21.5 Å². The van der Waals surface area contributed by atoms with Gasteiger partial charge in [-0.3, -0.25) is 19.2 Å². The maximum Gasteiger partial charge on any atom is 0.342 e. The molecule has 3 aliphatic heterocycles. The van der Waals surface area contributed by atoms with E-state index in [1.54, 1.807) is 0 Å². The average molecular weight is 777 g/mol. The molecule has 3 aromatic heterocycles. The quantitative estimate of drug-likeness (QED) is 0.126. The van der Waals surface area contributed by atoms with Crippen molar-refractivity contribution >= 4 is 110 Å². The van der Waals surface area contributed by atoms with Gasteiger partial charge in [0.15, 0.2) is 5.82 Å². The molecule has 0 N–H and O–H groups in total. The SMILES string of the molecule is O=C(CCCCCN1C=C(Cl)C=c2s/c(=C\c3nc4c(cc(Cl)c[n+]4CCCCCC(=O)ON4C(=O)CCC4=O)s3)nc21)ON1C(=O)CCC1=O. The number of halogens is 2. The third-order valence-electron chi connectivity index (χ3n) is 8.15. The smallest absolute Gasteiger partial charge is 0.330 e. The molecule has 0 aliphatic carbocycles. The fourth-order valence-electron chi connectivity index (χ4n) is 5.66. The lowest BCUT2D eigenvalue weighted by molar-refractivity contribution is -0.673. The van der Waals surface area contributed by atoms with Gasteiger partial charge in [-0.25, -0.2) is 19.1 Å². The molecule has 18 heteroatoms. The van der Waals surface area contributed by atoms with Gasteiger partial charge in [0.25, 0.3) is 23.6 Å². The molecular weight excluding hydrogens is 743 g/mol. The van der Waals surface area contributed by atoms with Crippen LogP contribution in [0.4, 0.5) is 5.82 Å². The second-order valence-electron chi connectivity index (χ2n) is 12.0. The zero-order valence-corrected chi connectivity index (χ0v) is 30.5. The fraction of sp³-hybridized carbons (Fsp3) is 0.424. The molecule has 6 rings (SSSR count). The third kappa shape index (κ3) is 9.16. The van der Waals surface area contributed by atoms with Crippen LogP contribution in [0.1, 0.15) is 82.1 Å². The van der Waals surface area contributed by atoms with E-state index in [4.69, 9.17) is 42.8 Å². The molecule has 0 atom stereocenters. The number of fused-ring (bicyclic) bond motifs is 2. The summed E-state index contributed by atoms with van der Waals surface area (Å²) >= 11 is 15.9. The molecule has 0 aromatic carbocycles. The molecule has 3 aliphatic rings. The van der Waals surface area contributed by atoms with Crippen LogP contribution in [-0.4, -0.2) is 62.2 Å².